The SMILES string of the molecule is O=C(N/N=C(/C=N\O)c1ccccc1)c1cccc(Br)c1. The van der Waals surface area contributed by atoms with Crippen molar-refractivity contribution >= 4 is 33.8 Å². The predicted molar refractivity (Wildman–Crippen MR) is 84.9 cm³/mol. The largest absolute Gasteiger partial charge is 0.411 e. The molecule has 2 rings (SSSR count). The van der Waals surface area contributed by atoms with Gasteiger partial charge in [0.25, 0.3) is 5.91 Å². The first-order valence-electron chi connectivity index (χ1n) is 6.07. The Morgan fingerprint density at radius 3 is 2.48 bits per heavy atom. The van der Waals surface area contributed by atoms with Gasteiger partial charge in [0, 0.05) is 15.6 Å². The number of hydrogen-bond donors (Lipinski definition) is 2. The fourth-order valence-electron chi connectivity index (χ4n) is 1.64. The summed E-state index contributed by atoms with van der Waals surface area (Å²) in [6.45, 7) is 0. The van der Waals surface area contributed by atoms with E-state index in [1.54, 1.807) is 30.3 Å². The summed E-state index contributed by atoms with van der Waals surface area (Å²) in [4.78, 5) is 12.0. The molecule has 1 amide bonds. The van der Waals surface area contributed by atoms with Gasteiger partial charge in [-0.05, 0) is 18.2 Å². The zero-order valence-electron chi connectivity index (χ0n) is 10.9. The van der Waals surface area contributed by atoms with Gasteiger partial charge in [-0.2, -0.15) is 5.10 Å². The van der Waals surface area contributed by atoms with Gasteiger partial charge in [0.2, 0.25) is 0 Å². The summed E-state index contributed by atoms with van der Waals surface area (Å²) in [6.07, 6.45) is 1.16. The minimum Gasteiger partial charge on any atom is -0.411 e. The van der Waals surface area contributed by atoms with Crippen LogP contribution in [0.15, 0.2) is 69.3 Å². The fourth-order valence-corrected chi connectivity index (χ4v) is 2.04. The van der Waals surface area contributed by atoms with E-state index < -0.39 is 0 Å². The van der Waals surface area contributed by atoms with Gasteiger partial charge in [0.05, 0.1) is 6.21 Å². The Hall–Kier alpha value is -2.47. The van der Waals surface area contributed by atoms with Gasteiger partial charge in [0.1, 0.15) is 5.71 Å². The smallest absolute Gasteiger partial charge is 0.271 e. The lowest BCUT2D eigenvalue weighted by Crippen LogP contribution is -2.20. The van der Waals surface area contributed by atoms with Crippen LogP contribution in [0.1, 0.15) is 15.9 Å². The maximum atomic E-state index is 12.0. The highest BCUT2D eigenvalue weighted by Crippen LogP contribution is 2.11. The molecular weight excluding hydrogens is 334 g/mol. The number of hydrogen-bond acceptors (Lipinski definition) is 4. The molecule has 21 heavy (non-hydrogen) atoms. The third kappa shape index (κ3) is 4.25. The molecule has 0 aliphatic carbocycles. The Bertz CT molecular complexity index is 684. The monoisotopic (exact) mass is 345 g/mol. The molecule has 0 aromatic heterocycles. The number of carbonyl (C=O) groups excluding carboxylic acids is 1. The van der Waals surface area contributed by atoms with Gasteiger partial charge < -0.3 is 5.21 Å². The number of amides is 1. The van der Waals surface area contributed by atoms with Gasteiger partial charge in [-0.3, -0.25) is 4.79 Å². The number of nitrogens with one attached hydrogen (secondary N) is 1. The van der Waals surface area contributed by atoms with Crippen LogP contribution in [-0.2, 0) is 0 Å². The Morgan fingerprint density at radius 1 is 1.10 bits per heavy atom. The molecule has 0 spiro atoms. The minimum atomic E-state index is -0.351. The van der Waals surface area contributed by atoms with Crippen molar-refractivity contribution in [2.75, 3.05) is 0 Å². The average molecular weight is 346 g/mol. The molecule has 0 bridgehead atoms. The maximum Gasteiger partial charge on any atom is 0.271 e. The molecular formula is C15H12BrN3O2. The quantitative estimate of drug-likeness (QED) is 0.507. The topological polar surface area (TPSA) is 74.0 Å². The predicted octanol–water partition coefficient (Wildman–Crippen LogP) is 3.04. The maximum absolute atomic E-state index is 12.0. The minimum absolute atomic E-state index is 0.349. The van der Waals surface area contributed by atoms with Crippen molar-refractivity contribution in [1.82, 2.24) is 5.43 Å². The molecule has 0 saturated heterocycles. The van der Waals surface area contributed by atoms with E-state index in [1.165, 1.54) is 0 Å². The zero-order valence-corrected chi connectivity index (χ0v) is 12.5. The number of benzene rings is 2. The fraction of sp³-hybridized carbons (Fsp3) is 0. The van der Waals surface area contributed by atoms with Crippen molar-refractivity contribution in [3.05, 3.63) is 70.2 Å². The highest BCUT2D eigenvalue weighted by atomic mass is 79.9. The van der Waals surface area contributed by atoms with Gasteiger partial charge in [0.15, 0.2) is 0 Å². The lowest BCUT2D eigenvalue weighted by molar-refractivity contribution is 0.0955. The molecule has 5 nitrogen and oxygen atoms in total. The molecule has 0 aliphatic heterocycles. The van der Waals surface area contributed by atoms with Crippen LogP contribution in [0.2, 0.25) is 0 Å². The number of oxime groups is 1. The van der Waals surface area contributed by atoms with E-state index in [0.717, 1.165) is 16.3 Å². The summed E-state index contributed by atoms with van der Waals surface area (Å²) in [5, 5.41) is 15.6. The molecule has 0 saturated carbocycles. The summed E-state index contributed by atoms with van der Waals surface area (Å²) < 4.78 is 0.805. The second-order valence-electron chi connectivity index (χ2n) is 4.06. The van der Waals surface area contributed by atoms with Crippen LogP contribution >= 0.6 is 15.9 Å². The van der Waals surface area contributed by atoms with E-state index in [0.29, 0.717) is 11.3 Å². The van der Waals surface area contributed by atoms with E-state index in [9.17, 15) is 4.79 Å². The Morgan fingerprint density at radius 2 is 1.81 bits per heavy atom. The number of halogens is 1. The molecule has 2 aromatic rings. The molecule has 106 valence electrons. The second kappa shape index (κ2) is 7.35. The van der Waals surface area contributed by atoms with Crippen LogP contribution in [0.3, 0.4) is 0 Å². The van der Waals surface area contributed by atoms with Crippen molar-refractivity contribution in [2.45, 2.75) is 0 Å². The molecule has 0 unspecified atom stereocenters. The van der Waals surface area contributed by atoms with Crippen molar-refractivity contribution in [3.8, 4) is 0 Å². The van der Waals surface area contributed by atoms with Crippen molar-refractivity contribution in [2.24, 2.45) is 10.3 Å². The van der Waals surface area contributed by atoms with E-state index in [2.05, 4.69) is 31.6 Å². The van der Waals surface area contributed by atoms with Crippen molar-refractivity contribution in [3.63, 3.8) is 0 Å². The summed E-state index contributed by atoms with van der Waals surface area (Å²) in [5.41, 5.74) is 3.98. The zero-order chi connectivity index (χ0) is 15.1. The first-order chi connectivity index (χ1) is 10.2. The summed E-state index contributed by atoms with van der Waals surface area (Å²) in [5.74, 6) is -0.351. The van der Waals surface area contributed by atoms with Crippen LogP contribution in [0.4, 0.5) is 0 Å². The van der Waals surface area contributed by atoms with Crippen LogP contribution in [-0.4, -0.2) is 23.0 Å². The Kier molecular flexibility index (Phi) is 5.22. The van der Waals surface area contributed by atoms with Crippen LogP contribution in [0.5, 0.6) is 0 Å². The highest BCUT2D eigenvalue weighted by Gasteiger charge is 2.06. The third-order valence-electron chi connectivity index (χ3n) is 2.61. The van der Waals surface area contributed by atoms with Crippen LogP contribution in [0, 0.1) is 0 Å². The van der Waals surface area contributed by atoms with Crippen LogP contribution < -0.4 is 5.43 Å². The van der Waals surface area contributed by atoms with Gasteiger partial charge in [-0.1, -0.05) is 57.5 Å². The van der Waals surface area contributed by atoms with Gasteiger partial charge in [-0.25, -0.2) is 5.43 Å². The van der Waals surface area contributed by atoms with Gasteiger partial charge in [-0.15, -0.1) is 0 Å². The number of carbonyl (C=O) groups is 1. The van der Waals surface area contributed by atoms with E-state index >= 15 is 0 Å². The Labute approximate surface area is 130 Å². The molecule has 0 radical (unpaired) electrons. The summed E-state index contributed by atoms with van der Waals surface area (Å²) >= 11 is 3.30. The molecule has 2 aromatic carbocycles. The van der Waals surface area contributed by atoms with E-state index in [4.69, 9.17) is 5.21 Å². The van der Waals surface area contributed by atoms with Crippen LogP contribution in [0.25, 0.3) is 0 Å². The average Bonchev–Trinajstić information content (AvgIpc) is 2.52. The number of rotatable bonds is 4. The first kappa shape index (κ1) is 14.9. The van der Waals surface area contributed by atoms with Crippen molar-refractivity contribution < 1.29 is 10.0 Å². The lowest BCUT2D eigenvalue weighted by Gasteiger charge is -2.03. The van der Waals surface area contributed by atoms with Crippen molar-refractivity contribution in [1.29, 1.82) is 0 Å². The molecule has 0 fully saturated rings. The summed E-state index contributed by atoms with van der Waals surface area (Å²) in [6, 6.07) is 16.1. The van der Waals surface area contributed by atoms with E-state index in [-0.39, 0.29) is 5.91 Å². The Balaban J connectivity index is 2.19. The second-order valence-corrected chi connectivity index (χ2v) is 4.97. The molecule has 0 heterocycles. The number of nitrogens with zero attached hydrogens (tertiary/aromatic N) is 2. The molecule has 6 heteroatoms. The molecule has 0 atom stereocenters. The first-order valence-corrected chi connectivity index (χ1v) is 6.86. The molecule has 0 aliphatic rings. The summed E-state index contributed by atoms with van der Waals surface area (Å²) in [7, 11) is 0. The third-order valence-corrected chi connectivity index (χ3v) is 3.11. The normalized spacial score (nSPS) is 11.6. The lowest BCUT2D eigenvalue weighted by atomic mass is 10.1. The van der Waals surface area contributed by atoms with E-state index in [1.807, 2.05) is 24.3 Å². The molecule has 2 N–H and O–H groups in total. The number of hydrazone groups is 1. The van der Waals surface area contributed by atoms with Gasteiger partial charge >= 0.3 is 0 Å². The standard InChI is InChI=1S/C15H12BrN3O2/c16-13-8-4-7-12(9-13)15(20)19-18-14(10-17-21)11-5-2-1-3-6-11/h1-10,21H,(H,19,20)/b17-10-,18-14-. The highest BCUT2D eigenvalue weighted by molar-refractivity contribution is 9.10.